The monoisotopic (exact) mass is 613 g/mol. The number of ether oxygens (including phenoxy) is 1. The maximum atomic E-state index is 14.5. The van der Waals surface area contributed by atoms with E-state index in [1.54, 1.807) is 61.7 Å². The van der Waals surface area contributed by atoms with Crippen molar-refractivity contribution < 1.29 is 22.7 Å². The summed E-state index contributed by atoms with van der Waals surface area (Å²) in [6, 6.07) is 32.3. The van der Waals surface area contributed by atoms with Crippen LogP contribution in [0.3, 0.4) is 0 Å². The second-order valence-electron chi connectivity index (χ2n) is 10.6. The van der Waals surface area contributed by atoms with Crippen LogP contribution in [0, 0.1) is 0 Å². The van der Waals surface area contributed by atoms with Crippen LogP contribution >= 0.6 is 0 Å². The molecule has 0 aliphatic rings. The number of para-hydroxylation sites is 1. The summed E-state index contributed by atoms with van der Waals surface area (Å²) < 4.78 is 34.5. The molecule has 0 heterocycles. The number of sulfonamides is 1. The summed E-state index contributed by atoms with van der Waals surface area (Å²) in [5.74, 6) is -0.218. The van der Waals surface area contributed by atoms with E-state index in [-0.39, 0.29) is 29.8 Å². The van der Waals surface area contributed by atoms with Crippen LogP contribution in [0.25, 0.3) is 0 Å². The third-order valence-electron chi connectivity index (χ3n) is 7.41. The Morgan fingerprint density at radius 1 is 0.818 bits per heavy atom. The van der Waals surface area contributed by atoms with Gasteiger partial charge in [0.2, 0.25) is 11.8 Å². The van der Waals surface area contributed by atoms with Crippen molar-refractivity contribution in [2.75, 3.05) is 18.0 Å². The van der Waals surface area contributed by atoms with Crippen LogP contribution in [0.5, 0.6) is 5.75 Å². The molecule has 0 aliphatic carbocycles. The van der Waals surface area contributed by atoms with Crippen molar-refractivity contribution in [1.82, 2.24) is 10.2 Å². The van der Waals surface area contributed by atoms with Gasteiger partial charge in [-0.2, -0.15) is 0 Å². The number of methoxy groups -OCH3 is 1. The first-order valence-corrected chi connectivity index (χ1v) is 16.1. The number of nitrogens with one attached hydrogen (secondary N) is 1. The topological polar surface area (TPSA) is 96.0 Å². The summed E-state index contributed by atoms with van der Waals surface area (Å²) >= 11 is 0. The molecule has 2 amide bonds. The van der Waals surface area contributed by atoms with Gasteiger partial charge in [-0.25, -0.2) is 8.42 Å². The minimum absolute atomic E-state index is 0.0614. The van der Waals surface area contributed by atoms with Crippen LogP contribution in [0.15, 0.2) is 120 Å². The molecule has 4 rings (SSSR count). The number of benzene rings is 4. The first-order valence-electron chi connectivity index (χ1n) is 14.6. The zero-order chi connectivity index (χ0) is 31.5. The number of carbonyl (C=O) groups excluding carboxylic acids is 2. The van der Waals surface area contributed by atoms with E-state index in [1.807, 2.05) is 62.4 Å². The highest BCUT2D eigenvalue weighted by Gasteiger charge is 2.35. The van der Waals surface area contributed by atoms with Gasteiger partial charge in [0.15, 0.2) is 0 Å². The van der Waals surface area contributed by atoms with Crippen molar-refractivity contribution in [3.05, 3.63) is 126 Å². The fraction of sp³-hybridized carbons (Fsp3) is 0.257. The molecule has 0 unspecified atom stereocenters. The first kappa shape index (κ1) is 32.3. The predicted octanol–water partition coefficient (Wildman–Crippen LogP) is 5.45. The quantitative estimate of drug-likeness (QED) is 0.204. The van der Waals surface area contributed by atoms with Crippen molar-refractivity contribution in [2.24, 2.45) is 0 Å². The molecule has 0 saturated carbocycles. The second-order valence-corrected chi connectivity index (χ2v) is 12.4. The number of anilines is 1. The highest BCUT2D eigenvalue weighted by atomic mass is 32.2. The molecule has 0 fully saturated rings. The summed E-state index contributed by atoms with van der Waals surface area (Å²) in [4.78, 5) is 29.9. The third kappa shape index (κ3) is 8.26. The van der Waals surface area contributed by atoms with Gasteiger partial charge in [-0.1, -0.05) is 85.8 Å². The summed E-state index contributed by atoms with van der Waals surface area (Å²) in [5.41, 5.74) is 1.95. The van der Waals surface area contributed by atoms with Crippen LogP contribution in [0.4, 0.5) is 5.69 Å². The van der Waals surface area contributed by atoms with Crippen molar-refractivity contribution in [3.63, 3.8) is 0 Å². The lowest BCUT2D eigenvalue weighted by atomic mass is 10.0. The summed E-state index contributed by atoms with van der Waals surface area (Å²) in [6.07, 6.45) is 0.959. The Morgan fingerprint density at radius 3 is 2.02 bits per heavy atom. The van der Waals surface area contributed by atoms with Crippen LogP contribution in [0.2, 0.25) is 0 Å². The van der Waals surface area contributed by atoms with E-state index in [4.69, 9.17) is 4.74 Å². The molecule has 0 radical (unpaired) electrons. The largest absolute Gasteiger partial charge is 0.497 e. The molecule has 0 aromatic heterocycles. The van der Waals surface area contributed by atoms with Gasteiger partial charge in [-0.15, -0.1) is 0 Å². The van der Waals surface area contributed by atoms with E-state index in [1.165, 1.54) is 17.0 Å². The van der Waals surface area contributed by atoms with Crippen molar-refractivity contribution in [2.45, 2.75) is 50.2 Å². The van der Waals surface area contributed by atoms with Crippen LogP contribution in [-0.4, -0.2) is 50.9 Å². The predicted molar refractivity (Wildman–Crippen MR) is 173 cm³/mol. The summed E-state index contributed by atoms with van der Waals surface area (Å²) in [5, 5.41) is 3.05. The van der Waals surface area contributed by atoms with Crippen molar-refractivity contribution in [1.29, 1.82) is 0 Å². The Kier molecular flexibility index (Phi) is 11.2. The Hall–Kier alpha value is -4.63. The molecular formula is C35H39N3O5S. The number of rotatable bonds is 14. The van der Waals surface area contributed by atoms with Gasteiger partial charge in [0, 0.05) is 19.0 Å². The lowest BCUT2D eigenvalue weighted by Crippen LogP contribution is -2.54. The van der Waals surface area contributed by atoms with E-state index >= 15 is 0 Å². The Morgan fingerprint density at radius 2 is 1.41 bits per heavy atom. The molecule has 0 bridgehead atoms. The van der Waals surface area contributed by atoms with E-state index in [9.17, 15) is 18.0 Å². The first-order chi connectivity index (χ1) is 21.2. The van der Waals surface area contributed by atoms with Crippen LogP contribution in [0.1, 0.15) is 31.4 Å². The summed E-state index contributed by atoms with van der Waals surface area (Å²) in [7, 11) is -2.57. The SMILES string of the molecule is CC[C@H](C)NC(=O)[C@@H](Cc1ccccc1)N(Cc1cccc(OC)c1)C(=O)CN(c1ccccc1)S(=O)(=O)c1ccccc1. The zero-order valence-corrected chi connectivity index (χ0v) is 26.1. The standard InChI is InChI=1S/C35H39N3O5S/c1-4-27(2)36-35(40)33(24-28-15-8-5-9-16-28)37(25-29-17-14-20-31(23-29)43-3)34(39)26-38(30-18-10-6-11-19-30)44(41,42)32-21-12-7-13-22-32/h5-23,27,33H,4,24-26H2,1-3H3,(H,36,40)/t27-,33+/m0/s1. The van der Waals surface area contributed by atoms with Crippen LogP contribution < -0.4 is 14.4 Å². The molecule has 1 N–H and O–H groups in total. The molecule has 0 aliphatic heterocycles. The normalized spacial score (nSPS) is 12.5. The van der Waals surface area contributed by atoms with E-state index < -0.39 is 28.5 Å². The molecule has 44 heavy (non-hydrogen) atoms. The Bertz CT molecular complexity index is 1620. The number of hydrogen-bond acceptors (Lipinski definition) is 5. The van der Waals surface area contributed by atoms with Crippen molar-refractivity contribution >= 4 is 27.5 Å². The van der Waals surface area contributed by atoms with E-state index in [0.717, 1.165) is 15.4 Å². The van der Waals surface area contributed by atoms with Gasteiger partial charge < -0.3 is 15.0 Å². The summed E-state index contributed by atoms with van der Waals surface area (Å²) in [6.45, 7) is 3.44. The smallest absolute Gasteiger partial charge is 0.264 e. The molecule has 4 aromatic carbocycles. The fourth-order valence-electron chi connectivity index (χ4n) is 4.81. The van der Waals surface area contributed by atoms with Gasteiger partial charge in [-0.05, 0) is 60.9 Å². The maximum Gasteiger partial charge on any atom is 0.264 e. The lowest BCUT2D eigenvalue weighted by Gasteiger charge is -2.34. The molecular weight excluding hydrogens is 574 g/mol. The highest BCUT2D eigenvalue weighted by molar-refractivity contribution is 7.92. The average Bonchev–Trinajstić information content (AvgIpc) is 3.06. The van der Waals surface area contributed by atoms with Gasteiger partial charge in [0.05, 0.1) is 17.7 Å². The minimum atomic E-state index is -4.13. The highest BCUT2D eigenvalue weighted by Crippen LogP contribution is 2.25. The fourth-order valence-corrected chi connectivity index (χ4v) is 6.24. The van der Waals surface area contributed by atoms with Gasteiger partial charge >= 0.3 is 0 Å². The maximum absolute atomic E-state index is 14.5. The second kappa shape index (κ2) is 15.2. The van der Waals surface area contributed by atoms with Crippen LogP contribution in [-0.2, 0) is 32.6 Å². The minimum Gasteiger partial charge on any atom is -0.497 e. The lowest BCUT2D eigenvalue weighted by molar-refractivity contribution is -0.140. The van der Waals surface area contributed by atoms with Crippen molar-refractivity contribution in [3.8, 4) is 5.75 Å². The number of hydrogen-bond donors (Lipinski definition) is 1. The zero-order valence-electron chi connectivity index (χ0n) is 25.3. The van der Waals surface area contributed by atoms with Gasteiger partial charge in [-0.3, -0.25) is 13.9 Å². The molecule has 0 spiro atoms. The number of nitrogens with zero attached hydrogens (tertiary/aromatic N) is 2. The van der Waals surface area contributed by atoms with E-state index in [2.05, 4.69) is 5.32 Å². The number of amides is 2. The molecule has 230 valence electrons. The molecule has 8 nitrogen and oxygen atoms in total. The van der Waals surface area contributed by atoms with Gasteiger partial charge in [0.25, 0.3) is 10.0 Å². The third-order valence-corrected chi connectivity index (χ3v) is 9.20. The molecule has 4 aromatic rings. The number of carbonyl (C=O) groups is 2. The molecule has 9 heteroatoms. The Balaban J connectivity index is 1.79. The van der Waals surface area contributed by atoms with E-state index in [0.29, 0.717) is 17.9 Å². The Labute approximate surface area is 260 Å². The average molecular weight is 614 g/mol. The van der Waals surface area contributed by atoms with Gasteiger partial charge in [0.1, 0.15) is 18.3 Å². The molecule has 0 saturated heterocycles. The molecule has 2 atom stereocenters.